The van der Waals surface area contributed by atoms with Crippen molar-refractivity contribution in [3.8, 4) is 17.2 Å². The summed E-state index contributed by atoms with van der Waals surface area (Å²) in [5.74, 6) is 2.09. The number of nitrogens with zero attached hydrogens (tertiary/aromatic N) is 3. The average molecular weight is 474 g/mol. The van der Waals surface area contributed by atoms with Crippen LogP contribution in [0.15, 0.2) is 61.1 Å². The zero-order chi connectivity index (χ0) is 24.8. The van der Waals surface area contributed by atoms with Gasteiger partial charge in [-0.05, 0) is 68.8 Å². The van der Waals surface area contributed by atoms with E-state index in [2.05, 4.69) is 25.6 Å². The molecule has 3 N–H and O–H groups in total. The standard InChI is InChI=1S/C26H27N5O4/c1-16-13-19(8-10-22(16)35-20-9-7-17(2)28-14-20)31-25-24-21(29-15-30-25)5-4-6-23(24)34-18(3)26(33)27-11-12-32/h4-10,13-15,18,32H,11-12H2,1-3H3,(H,27,33)(H,29,30,31)/t18-/m1/s1. The van der Waals surface area contributed by atoms with Gasteiger partial charge in [0.1, 0.15) is 29.4 Å². The van der Waals surface area contributed by atoms with Crippen LogP contribution < -0.4 is 20.1 Å². The molecule has 2 aromatic carbocycles. The molecular weight excluding hydrogens is 446 g/mol. The van der Waals surface area contributed by atoms with Gasteiger partial charge in [0.15, 0.2) is 6.10 Å². The number of aliphatic hydroxyl groups excluding tert-OH is 1. The third kappa shape index (κ3) is 5.82. The number of nitrogens with one attached hydrogen (secondary N) is 2. The summed E-state index contributed by atoms with van der Waals surface area (Å²) in [6.07, 6.45) is 2.40. The average Bonchev–Trinajstić information content (AvgIpc) is 2.85. The van der Waals surface area contributed by atoms with Crippen molar-refractivity contribution in [1.29, 1.82) is 0 Å². The van der Waals surface area contributed by atoms with Gasteiger partial charge in [-0.3, -0.25) is 9.78 Å². The van der Waals surface area contributed by atoms with E-state index in [-0.39, 0.29) is 19.1 Å². The molecule has 9 nitrogen and oxygen atoms in total. The molecule has 0 bridgehead atoms. The van der Waals surface area contributed by atoms with Crippen molar-refractivity contribution in [1.82, 2.24) is 20.3 Å². The lowest BCUT2D eigenvalue weighted by Gasteiger charge is -2.17. The Hall–Kier alpha value is -4.24. The third-order valence-electron chi connectivity index (χ3n) is 5.26. The molecule has 180 valence electrons. The van der Waals surface area contributed by atoms with Gasteiger partial charge in [-0.2, -0.15) is 0 Å². The van der Waals surface area contributed by atoms with Crippen LogP contribution in [0.2, 0.25) is 0 Å². The number of pyridine rings is 1. The van der Waals surface area contributed by atoms with Crippen molar-refractivity contribution in [3.63, 3.8) is 0 Å². The van der Waals surface area contributed by atoms with Crippen molar-refractivity contribution in [2.75, 3.05) is 18.5 Å². The van der Waals surface area contributed by atoms with E-state index in [0.717, 1.165) is 22.7 Å². The van der Waals surface area contributed by atoms with Crippen molar-refractivity contribution in [2.45, 2.75) is 26.9 Å². The summed E-state index contributed by atoms with van der Waals surface area (Å²) < 4.78 is 11.9. The van der Waals surface area contributed by atoms with Crippen LogP contribution in [0.1, 0.15) is 18.2 Å². The van der Waals surface area contributed by atoms with Gasteiger partial charge in [0.2, 0.25) is 0 Å². The van der Waals surface area contributed by atoms with Gasteiger partial charge in [0.05, 0.1) is 23.7 Å². The molecule has 0 saturated heterocycles. The fourth-order valence-corrected chi connectivity index (χ4v) is 3.46. The first-order valence-corrected chi connectivity index (χ1v) is 11.2. The number of benzene rings is 2. The summed E-state index contributed by atoms with van der Waals surface area (Å²) >= 11 is 0. The number of carbonyl (C=O) groups is 1. The van der Waals surface area contributed by atoms with Crippen molar-refractivity contribution in [3.05, 3.63) is 72.3 Å². The molecule has 0 spiro atoms. The molecule has 2 aromatic heterocycles. The SMILES string of the molecule is Cc1ccc(Oc2ccc(Nc3ncnc4cccc(O[C@H](C)C(=O)NCCO)c34)cc2C)cn1. The van der Waals surface area contributed by atoms with E-state index in [1.54, 1.807) is 19.2 Å². The van der Waals surface area contributed by atoms with Crippen LogP contribution in [0.5, 0.6) is 17.2 Å². The maximum absolute atomic E-state index is 12.2. The van der Waals surface area contributed by atoms with Gasteiger partial charge in [-0.15, -0.1) is 0 Å². The van der Waals surface area contributed by atoms with Gasteiger partial charge in [0.25, 0.3) is 5.91 Å². The maximum atomic E-state index is 12.2. The number of amides is 1. The molecule has 0 aliphatic heterocycles. The molecule has 1 atom stereocenters. The van der Waals surface area contributed by atoms with E-state index >= 15 is 0 Å². The highest BCUT2D eigenvalue weighted by Gasteiger charge is 2.18. The largest absolute Gasteiger partial charge is 0.480 e. The Bertz CT molecular complexity index is 1320. The predicted molar refractivity (Wildman–Crippen MR) is 133 cm³/mol. The Morgan fingerprint density at radius 2 is 1.91 bits per heavy atom. The molecular formula is C26H27N5O4. The first kappa shape index (κ1) is 23.9. The topological polar surface area (TPSA) is 118 Å². The molecule has 4 rings (SSSR count). The van der Waals surface area contributed by atoms with Crippen LogP contribution in [0, 0.1) is 13.8 Å². The van der Waals surface area contributed by atoms with Crippen LogP contribution in [0.3, 0.4) is 0 Å². The highest BCUT2D eigenvalue weighted by atomic mass is 16.5. The molecule has 2 heterocycles. The number of rotatable bonds is 9. The highest BCUT2D eigenvalue weighted by molar-refractivity contribution is 5.96. The van der Waals surface area contributed by atoms with E-state index in [0.29, 0.717) is 28.2 Å². The molecule has 0 aliphatic rings. The number of carbonyl (C=O) groups excluding carboxylic acids is 1. The number of aromatic nitrogens is 3. The van der Waals surface area contributed by atoms with Crippen molar-refractivity contribution in [2.24, 2.45) is 0 Å². The van der Waals surface area contributed by atoms with E-state index in [1.807, 2.05) is 56.3 Å². The minimum atomic E-state index is -0.768. The van der Waals surface area contributed by atoms with Crippen LogP contribution in [0.4, 0.5) is 11.5 Å². The van der Waals surface area contributed by atoms with E-state index in [1.165, 1.54) is 6.33 Å². The Kier molecular flexibility index (Phi) is 7.37. The summed E-state index contributed by atoms with van der Waals surface area (Å²) in [5.41, 5.74) is 3.33. The molecule has 0 aliphatic carbocycles. The Morgan fingerprint density at radius 1 is 1.06 bits per heavy atom. The first-order chi connectivity index (χ1) is 16.9. The van der Waals surface area contributed by atoms with Gasteiger partial charge in [-0.25, -0.2) is 9.97 Å². The second-order valence-corrected chi connectivity index (χ2v) is 7.99. The molecule has 0 fully saturated rings. The lowest BCUT2D eigenvalue weighted by atomic mass is 10.1. The number of aryl methyl sites for hydroxylation is 2. The lowest BCUT2D eigenvalue weighted by molar-refractivity contribution is -0.127. The quantitative estimate of drug-likeness (QED) is 0.333. The lowest BCUT2D eigenvalue weighted by Crippen LogP contribution is -2.37. The van der Waals surface area contributed by atoms with Crippen LogP contribution in [-0.2, 0) is 4.79 Å². The number of aliphatic hydroxyl groups is 1. The van der Waals surface area contributed by atoms with Gasteiger partial charge in [0, 0.05) is 17.9 Å². The molecule has 0 unspecified atom stereocenters. The number of fused-ring (bicyclic) bond motifs is 1. The van der Waals surface area contributed by atoms with E-state index < -0.39 is 6.10 Å². The first-order valence-electron chi connectivity index (χ1n) is 11.2. The number of hydrogen-bond donors (Lipinski definition) is 3. The van der Waals surface area contributed by atoms with Gasteiger partial charge >= 0.3 is 0 Å². The summed E-state index contributed by atoms with van der Waals surface area (Å²) in [4.78, 5) is 25.2. The molecule has 1 amide bonds. The molecule has 4 aromatic rings. The molecule has 9 heteroatoms. The third-order valence-corrected chi connectivity index (χ3v) is 5.26. The number of anilines is 2. The van der Waals surface area contributed by atoms with E-state index in [4.69, 9.17) is 14.6 Å². The summed E-state index contributed by atoms with van der Waals surface area (Å²) in [6.45, 7) is 5.56. The number of ether oxygens (including phenoxy) is 2. The predicted octanol–water partition coefficient (Wildman–Crippen LogP) is 4.05. The monoisotopic (exact) mass is 473 g/mol. The fraction of sp³-hybridized carbons (Fsp3) is 0.231. The van der Waals surface area contributed by atoms with Gasteiger partial charge < -0.3 is 25.2 Å². The van der Waals surface area contributed by atoms with Crippen LogP contribution in [0.25, 0.3) is 10.9 Å². The highest BCUT2D eigenvalue weighted by Crippen LogP contribution is 2.33. The summed E-state index contributed by atoms with van der Waals surface area (Å²) in [7, 11) is 0. The van der Waals surface area contributed by atoms with Gasteiger partial charge in [-0.1, -0.05) is 6.07 Å². The second-order valence-electron chi connectivity index (χ2n) is 7.99. The Labute approximate surface area is 203 Å². The maximum Gasteiger partial charge on any atom is 0.260 e. The second kappa shape index (κ2) is 10.8. The van der Waals surface area contributed by atoms with Crippen molar-refractivity contribution >= 4 is 28.3 Å². The zero-order valence-electron chi connectivity index (χ0n) is 19.8. The van der Waals surface area contributed by atoms with E-state index in [9.17, 15) is 4.79 Å². The zero-order valence-corrected chi connectivity index (χ0v) is 19.8. The summed E-state index contributed by atoms with van der Waals surface area (Å²) in [6, 6.07) is 14.9. The minimum absolute atomic E-state index is 0.139. The smallest absolute Gasteiger partial charge is 0.260 e. The van der Waals surface area contributed by atoms with Crippen LogP contribution >= 0.6 is 0 Å². The molecule has 35 heavy (non-hydrogen) atoms. The van der Waals surface area contributed by atoms with Crippen molar-refractivity contribution < 1.29 is 19.4 Å². The van der Waals surface area contributed by atoms with Crippen LogP contribution in [-0.4, -0.2) is 45.2 Å². The minimum Gasteiger partial charge on any atom is -0.480 e. The summed E-state index contributed by atoms with van der Waals surface area (Å²) in [5, 5.41) is 15.5. The molecule has 0 radical (unpaired) electrons. The normalized spacial score (nSPS) is 11.7. The number of hydrogen-bond acceptors (Lipinski definition) is 8. The molecule has 0 saturated carbocycles. The Balaban J connectivity index is 1.57. The Morgan fingerprint density at radius 3 is 2.66 bits per heavy atom. The fourth-order valence-electron chi connectivity index (χ4n) is 3.46.